The fourth-order valence-corrected chi connectivity index (χ4v) is 5.92. The van der Waals surface area contributed by atoms with Gasteiger partial charge in [-0.15, -0.1) is 13.2 Å². The molecule has 1 aliphatic rings. The minimum atomic E-state index is -4.94. The number of rotatable bonds is 10. The Morgan fingerprint density at radius 2 is 1.50 bits per heavy atom. The predicted molar refractivity (Wildman–Crippen MR) is 138 cm³/mol. The van der Waals surface area contributed by atoms with Gasteiger partial charge in [0.2, 0.25) is 15.9 Å². The molecule has 2 aromatic rings. The Labute approximate surface area is 247 Å². The Bertz CT molecular complexity index is 1400. The Morgan fingerprint density at radius 3 is 2.02 bits per heavy atom. The summed E-state index contributed by atoms with van der Waals surface area (Å²) in [4.78, 5) is 12.7. The van der Waals surface area contributed by atoms with Crippen molar-refractivity contribution in [1.82, 2.24) is 9.62 Å². The van der Waals surface area contributed by atoms with E-state index in [1.807, 2.05) is 0 Å². The number of alkyl halides is 9. The summed E-state index contributed by atoms with van der Waals surface area (Å²) in [5.74, 6) is -1.97. The van der Waals surface area contributed by atoms with E-state index in [0.29, 0.717) is 12.1 Å². The highest BCUT2D eigenvalue weighted by atomic mass is 32.2. The lowest BCUT2D eigenvalue weighted by molar-refractivity contribution is -0.274. The van der Waals surface area contributed by atoms with Gasteiger partial charge in [0.15, 0.2) is 0 Å². The average Bonchev–Trinajstić information content (AvgIpc) is 2.89. The lowest BCUT2D eigenvalue weighted by Gasteiger charge is -2.34. The van der Waals surface area contributed by atoms with Crippen LogP contribution in [0.5, 0.6) is 11.5 Å². The summed E-state index contributed by atoms with van der Waals surface area (Å²) in [6, 6.07) is 4.25. The van der Waals surface area contributed by atoms with Crippen molar-refractivity contribution >= 4 is 15.9 Å². The van der Waals surface area contributed by atoms with Gasteiger partial charge < -0.3 is 14.8 Å². The maximum atomic E-state index is 13.3. The number of carbonyl (C=O) groups is 1. The second-order valence-corrected chi connectivity index (χ2v) is 12.7. The first-order valence-corrected chi connectivity index (χ1v) is 14.6. The lowest BCUT2D eigenvalue weighted by Crippen LogP contribution is -2.49. The first kappa shape index (κ1) is 35.3. The first-order chi connectivity index (χ1) is 20.1. The van der Waals surface area contributed by atoms with Gasteiger partial charge in [0.05, 0.1) is 22.6 Å². The summed E-state index contributed by atoms with van der Waals surface area (Å²) >= 11 is 0. The molecule has 17 heteroatoms. The van der Waals surface area contributed by atoms with E-state index in [2.05, 4.69) is 10.1 Å². The highest BCUT2D eigenvalue weighted by Gasteiger charge is 2.38. The van der Waals surface area contributed by atoms with Gasteiger partial charge in [0.1, 0.15) is 11.5 Å². The topological polar surface area (TPSA) is 84.9 Å². The summed E-state index contributed by atoms with van der Waals surface area (Å²) in [5.41, 5.74) is -3.70. The van der Waals surface area contributed by atoms with Gasteiger partial charge in [-0.3, -0.25) is 4.79 Å². The quantitative estimate of drug-likeness (QED) is 0.224. The van der Waals surface area contributed by atoms with E-state index in [9.17, 15) is 52.7 Å². The third-order valence-electron chi connectivity index (χ3n) is 6.92. The molecule has 246 valence electrons. The Hall–Kier alpha value is -3.21. The van der Waals surface area contributed by atoms with E-state index in [1.165, 1.54) is 0 Å². The molecule has 1 N–H and O–H groups in total. The van der Waals surface area contributed by atoms with Crippen LogP contribution in [0, 0.1) is 5.41 Å². The highest BCUT2D eigenvalue weighted by Crippen LogP contribution is 2.40. The molecule has 1 heterocycles. The van der Waals surface area contributed by atoms with Gasteiger partial charge in [-0.1, -0.05) is 13.8 Å². The molecule has 0 aromatic heterocycles. The Morgan fingerprint density at radius 1 is 0.909 bits per heavy atom. The molecule has 0 saturated carbocycles. The monoisotopic (exact) mass is 664 g/mol. The van der Waals surface area contributed by atoms with Crippen LogP contribution in [0.15, 0.2) is 47.4 Å². The summed E-state index contributed by atoms with van der Waals surface area (Å²) in [7, 11) is -4.03. The largest absolute Gasteiger partial charge is 0.573 e. The van der Waals surface area contributed by atoms with Crippen LogP contribution in [0.25, 0.3) is 0 Å². The number of carbonyl (C=O) groups excluding carboxylic acids is 1. The highest BCUT2D eigenvalue weighted by molar-refractivity contribution is 7.89. The zero-order valence-electron chi connectivity index (χ0n) is 23.4. The normalized spacial score (nSPS) is 16.1. The van der Waals surface area contributed by atoms with Crippen LogP contribution in [0.4, 0.5) is 39.5 Å². The molecule has 1 aliphatic heterocycles. The van der Waals surface area contributed by atoms with Crippen LogP contribution in [0.1, 0.15) is 50.7 Å². The van der Waals surface area contributed by atoms with Crippen LogP contribution in [-0.2, 0) is 27.2 Å². The molecule has 1 amide bonds. The first-order valence-electron chi connectivity index (χ1n) is 13.2. The average molecular weight is 665 g/mol. The maximum absolute atomic E-state index is 13.3. The van der Waals surface area contributed by atoms with Crippen molar-refractivity contribution in [2.75, 3.05) is 19.7 Å². The standard InChI is InChI=1S/C27H29F9N2O5S/c1-24(2,12-3-15-42-22-16-17(25(28,29)30)4-9-21(22)26(31,32)33)23(39)37-18-10-13-38(14-11-18)44(40,41)20-7-5-19(6-8-20)43-27(34,35)36/h4-9,16,18H,3,10-15H2,1-2H3,(H,37,39). The van der Waals surface area contributed by atoms with E-state index >= 15 is 0 Å². The third kappa shape index (κ3) is 9.39. The van der Waals surface area contributed by atoms with Gasteiger partial charge in [-0.2, -0.15) is 30.6 Å². The van der Waals surface area contributed by atoms with Crippen molar-refractivity contribution in [2.45, 2.75) is 69.2 Å². The number of nitrogens with one attached hydrogen (secondary N) is 1. The number of hydrogen-bond acceptors (Lipinski definition) is 5. The van der Waals surface area contributed by atoms with Crippen LogP contribution in [0.3, 0.4) is 0 Å². The summed E-state index contributed by atoms with van der Waals surface area (Å²) < 4.78 is 152. The van der Waals surface area contributed by atoms with E-state index in [-0.39, 0.29) is 56.3 Å². The third-order valence-corrected chi connectivity index (χ3v) is 8.83. The zero-order valence-corrected chi connectivity index (χ0v) is 24.2. The number of halogens is 9. The summed E-state index contributed by atoms with van der Waals surface area (Å²) in [5, 5.41) is 2.81. The van der Waals surface area contributed by atoms with Gasteiger partial charge in [0, 0.05) is 24.5 Å². The van der Waals surface area contributed by atoms with Gasteiger partial charge in [-0.05, 0) is 68.1 Å². The van der Waals surface area contributed by atoms with Crippen LogP contribution < -0.4 is 14.8 Å². The van der Waals surface area contributed by atoms with E-state index in [4.69, 9.17) is 4.74 Å². The number of benzene rings is 2. The van der Waals surface area contributed by atoms with Crippen molar-refractivity contribution in [2.24, 2.45) is 5.41 Å². The van der Waals surface area contributed by atoms with Crippen LogP contribution in [-0.4, -0.2) is 50.7 Å². The molecule has 0 unspecified atom stereocenters. The van der Waals surface area contributed by atoms with Crippen molar-refractivity contribution < 1.29 is 62.2 Å². The van der Waals surface area contributed by atoms with Gasteiger partial charge >= 0.3 is 18.7 Å². The number of piperidine rings is 1. The van der Waals surface area contributed by atoms with Crippen molar-refractivity contribution in [3.05, 3.63) is 53.6 Å². The second kappa shape index (κ2) is 13.0. The molecule has 0 radical (unpaired) electrons. The molecule has 0 atom stereocenters. The fourth-order valence-electron chi connectivity index (χ4n) is 4.45. The van der Waals surface area contributed by atoms with Crippen LogP contribution in [0.2, 0.25) is 0 Å². The molecule has 7 nitrogen and oxygen atoms in total. The summed E-state index contributed by atoms with van der Waals surface area (Å²) in [6.07, 6.45) is -14.1. The lowest BCUT2D eigenvalue weighted by atomic mass is 9.86. The predicted octanol–water partition coefficient (Wildman–Crippen LogP) is 6.78. The molecule has 0 bridgehead atoms. The van der Waals surface area contributed by atoms with Crippen LogP contribution >= 0.6 is 0 Å². The molecule has 3 rings (SSSR count). The summed E-state index contributed by atoms with van der Waals surface area (Å²) in [6.45, 7) is 2.78. The maximum Gasteiger partial charge on any atom is 0.573 e. The van der Waals surface area contributed by atoms with Gasteiger partial charge in [-0.25, -0.2) is 8.42 Å². The number of hydrogen-bond donors (Lipinski definition) is 1. The molecular formula is C27H29F9N2O5S. The Balaban J connectivity index is 1.51. The number of sulfonamides is 1. The molecule has 44 heavy (non-hydrogen) atoms. The molecule has 1 saturated heterocycles. The second-order valence-electron chi connectivity index (χ2n) is 10.7. The minimum Gasteiger partial charge on any atom is -0.493 e. The Kier molecular flexibility index (Phi) is 10.4. The number of nitrogens with zero attached hydrogens (tertiary/aromatic N) is 1. The smallest absolute Gasteiger partial charge is 0.493 e. The van der Waals surface area contributed by atoms with Crippen molar-refractivity contribution in [1.29, 1.82) is 0 Å². The number of amides is 1. The number of ether oxygens (including phenoxy) is 2. The fraction of sp³-hybridized carbons (Fsp3) is 0.519. The molecule has 2 aromatic carbocycles. The van der Waals surface area contributed by atoms with Gasteiger partial charge in [0.25, 0.3) is 0 Å². The molecule has 0 aliphatic carbocycles. The zero-order chi connectivity index (χ0) is 33.1. The molecule has 0 spiro atoms. The minimum absolute atomic E-state index is 0.0148. The SMILES string of the molecule is CC(C)(CCCOc1cc(C(F)(F)F)ccc1C(F)(F)F)C(=O)NC1CCN(S(=O)(=O)c2ccc(OC(F)(F)F)cc2)CC1. The van der Waals surface area contributed by atoms with E-state index in [1.54, 1.807) is 13.8 Å². The van der Waals surface area contributed by atoms with Crippen molar-refractivity contribution in [3.63, 3.8) is 0 Å². The van der Waals surface area contributed by atoms with Crippen molar-refractivity contribution in [3.8, 4) is 11.5 Å². The molecule has 1 fully saturated rings. The van der Waals surface area contributed by atoms with E-state index in [0.717, 1.165) is 28.6 Å². The van der Waals surface area contributed by atoms with E-state index < -0.39 is 68.7 Å². The molecular weight excluding hydrogens is 635 g/mol.